The van der Waals surface area contributed by atoms with E-state index in [-0.39, 0.29) is 5.92 Å². The number of hydrogen-bond acceptors (Lipinski definition) is 3. The molecule has 0 fully saturated rings. The van der Waals surface area contributed by atoms with Crippen LogP contribution in [0.2, 0.25) is 19.6 Å². The number of rotatable bonds is 7. The Morgan fingerprint density at radius 3 is 2.27 bits per heavy atom. The molecular weight excluding hydrogens is 306 g/mol. The summed E-state index contributed by atoms with van der Waals surface area (Å²) in [4.78, 5) is 16.4. The number of aliphatic imine (C=N–C) groups is 1. The highest BCUT2D eigenvalue weighted by molar-refractivity contribution is 8.13. The number of hydrogen-bond donors (Lipinski definition) is 0. The lowest BCUT2D eigenvalue weighted by molar-refractivity contribution is -0.119. The van der Waals surface area contributed by atoms with Gasteiger partial charge in [-0.15, -0.1) is 11.8 Å². The van der Waals surface area contributed by atoms with Gasteiger partial charge < -0.3 is 0 Å². The molecule has 122 valence electrons. The number of carbonyl (C=O) groups is 1. The number of thioether (sulfide) groups is 1. The second-order valence-corrected chi connectivity index (χ2v) is 13.2. The molecule has 0 N–H and O–H groups in total. The Balaban J connectivity index is 2.84. The molecule has 2 nitrogen and oxygen atoms in total. The van der Waals surface area contributed by atoms with Crippen molar-refractivity contribution in [2.45, 2.75) is 52.2 Å². The van der Waals surface area contributed by atoms with Gasteiger partial charge in [-0.2, -0.15) is 0 Å². The van der Waals surface area contributed by atoms with Crippen LogP contribution in [-0.4, -0.2) is 31.3 Å². The smallest absolute Gasteiger partial charge is 0.133 e. The Bertz CT molecular complexity index is 517. The van der Waals surface area contributed by atoms with Crippen LogP contribution in [-0.2, 0) is 4.79 Å². The topological polar surface area (TPSA) is 29.4 Å². The van der Waals surface area contributed by atoms with Crippen LogP contribution in [0.3, 0.4) is 0 Å². The molecule has 0 bridgehead atoms. The lowest BCUT2D eigenvalue weighted by Gasteiger charge is -2.14. The van der Waals surface area contributed by atoms with Crippen LogP contribution < -0.4 is 0 Å². The molecule has 0 saturated heterocycles. The van der Waals surface area contributed by atoms with E-state index in [2.05, 4.69) is 57.1 Å². The number of ketones is 1. The lowest BCUT2D eigenvalue weighted by atomic mass is 9.94. The predicted molar refractivity (Wildman–Crippen MR) is 103 cm³/mol. The van der Waals surface area contributed by atoms with Crippen molar-refractivity contribution in [2.75, 3.05) is 12.4 Å². The zero-order chi connectivity index (χ0) is 16.8. The van der Waals surface area contributed by atoms with Crippen LogP contribution in [0, 0.1) is 0 Å². The molecule has 4 heteroatoms. The minimum atomic E-state index is -1.16. The highest BCUT2D eigenvalue weighted by atomic mass is 32.2. The number of nitrogens with zero attached hydrogens (tertiary/aromatic N) is 1. The van der Waals surface area contributed by atoms with Crippen molar-refractivity contribution in [3.8, 4) is 0 Å². The maximum Gasteiger partial charge on any atom is 0.133 e. The van der Waals surface area contributed by atoms with Crippen LogP contribution in [0.5, 0.6) is 0 Å². The number of benzene rings is 1. The molecule has 1 unspecified atom stereocenters. The maximum absolute atomic E-state index is 11.6. The van der Waals surface area contributed by atoms with E-state index >= 15 is 0 Å². The average Bonchev–Trinajstić information content (AvgIpc) is 2.47. The van der Waals surface area contributed by atoms with Crippen LogP contribution in [0.15, 0.2) is 29.3 Å². The Kier molecular flexibility index (Phi) is 7.56. The van der Waals surface area contributed by atoms with Crippen molar-refractivity contribution >= 4 is 30.7 Å². The van der Waals surface area contributed by atoms with E-state index in [1.807, 2.05) is 6.92 Å². The van der Waals surface area contributed by atoms with E-state index in [4.69, 9.17) is 4.99 Å². The van der Waals surface area contributed by atoms with E-state index in [0.29, 0.717) is 18.6 Å². The summed E-state index contributed by atoms with van der Waals surface area (Å²) in [5.41, 5.74) is 2.42. The molecule has 22 heavy (non-hydrogen) atoms. The molecule has 1 atom stereocenters. The Hall–Kier alpha value is -0.873. The summed E-state index contributed by atoms with van der Waals surface area (Å²) < 4.78 is 0. The van der Waals surface area contributed by atoms with Crippen LogP contribution in [0.4, 0.5) is 0 Å². The molecule has 0 spiro atoms. The van der Waals surface area contributed by atoms with Crippen molar-refractivity contribution in [3.63, 3.8) is 0 Å². The summed E-state index contributed by atoms with van der Waals surface area (Å²) in [5.74, 6) is 0.622. The molecule has 1 rings (SSSR count). The highest BCUT2D eigenvalue weighted by Crippen LogP contribution is 2.22. The van der Waals surface area contributed by atoms with Gasteiger partial charge in [-0.05, 0) is 17.7 Å². The van der Waals surface area contributed by atoms with E-state index in [1.165, 1.54) is 11.1 Å². The first-order chi connectivity index (χ1) is 10.3. The summed E-state index contributed by atoms with van der Waals surface area (Å²) >= 11 is 1.71. The van der Waals surface area contributed by atoms with Crippen molar-refractivity contribution in [1.29, 1.82) is 0 Å². The lowest BCUT2D eigenvalue weighted by Crippen LogP contribution is -2.25. The second-order valence-electron chi connectivity index (χ2n) is 7.01. The molecule has 0 aliphatic heterocycles. The first-order valence-electron chi connectivity index (χ1n) is 7.97. The third kappa shape index (κ3) is 6.49. The second kappa shape index (κ2) is 8.68. The van der Waals surface area contributed by atoms with E-state index in [9.17, 15) is 4.79 Å². The Labute approximate surface area is 140 Å². The van der Waals surface area contributed by atoms with Gasteiger partial charge in [0.05, 0.1) is 13.1 Å². The predicted octanol–water partition coefficient (Wildman–Crippen LogP) is 5.15. The molecule has 0 heterocycles. The highest BCUT2D eigenvalue weighted by Gasteiger charge is 2.14. The third-order valence-electron chi connectivity index (χ3n) is 3.55. The Morgan fingerprint density at radius 1 is 1.23 bits per heavy atom. The van der Waals surface area contributed by atoms with Gasteiger partial charge in [-0.25, -0.2) is 0 Å². The van der Waals surface area contributed by atoms with Crippen molar-refractivity contribution in [3.05, 3.63) is 35.4 Å². The normalized spacial score (nSPS) is 14.0. The summed E-state index contributed by atoms with van der Waals surface area (Å²) in [7, 11) is -1.16. The van der Waals surface area contributed by atoms with Crippen molar-refractivity contribution in [2.24, 2.45) is 4.99 Å². The minimum Gasteiger partial charge on any atom is -0.300 e. The monoisotopic (exact) mass is 335 g/mol. The molecule has 0 aliphatic rings. The zero-order valence-electron chi connectivity index (χ0n) is 14.8. The average molecular weight is 336 g/mol. The quantitative estimate of drug-likeness (QED) is 0.392. The van der Waals surface area contributed by atoms with Gasteiger partial charge in [0.2, 0.25) is 0 Å². The van der Waals surface area contributed by atoms with Gasteiger partial charge in [-0.3, -0.25) is 9.79 Å². The van der Waals surface area contributed by atoms with Gasteiger partial charge in [-0.1, -0.05) is 57.8 Å². The van der Waals surface area contributed by atoms with Gasteiger partial charge in [0.1, 0.15) is 5.78 Å². The molecule has 0 aliphatic carbocycles. The fourth-order valence-electron chi connectivity index (χ4n) is 2.14. The summed E-state index contributed by atoms with van der Waals surface area (Å²) in [6, 6.07) is 8.57. The number of carbonyl (C=O) groups excluding carboxylic acids is 1. The molecule has 0 amide bonds. The van der Waals surface area contributed by atoms with Crippen LogP contribution >= 0.6 is 11.8 Å². The molecular formula is C18H29NOSSi. The summed E-state index contributed by atoms with van der Waals surface area (Å²) in [6.07, 6.45) is 4.31. The standard InChI is InChI=1S/C18H29NOSSi/c1-7-17(20)12-14(2)15-8-10-16(11-9-15)18(21-3)19-13-22(4,5)6/h8-11,14H,7,12-13H2,1-6H3. The minimum absolute atomic E-state index is 0.290. The summed E-state index contributed by atoms with van der Waals surface area (Å²) in [5, 5.41) is 1.12. The van der Waals surface area contributed by atoms with Crippen molar-refractivity contribution in [1.82, 2.24) is 0 Å². The van der Waals surface area contributed by atoms with Gasteiger partial charge >= 0.3 is 0 Å². The first-order valence-corrected chi connectivity index (χ1v) is 12.9. The SMILES string of the molecule is CCC(=O)CC(C)c1ccc(C(=NC[Si](C)(C)C)SC)cc1. The molecule has 0 aromatic heterocycles. The zero-order valence-corrected chi connectivity index (χ0v) is 16.6. The van der Waals surface area contributed by atoms with Crippen LogP contribution in [0.1, 0.15) is 43.7 Å². The fraction of sp³-hybridized carbons (Fsp3) is 0.556. The van der Waals surface area contributed by atoms with E-state index < -0.39 is 8.07 Å². The Morgan fingerprint density at radius 2 is 1.82 bits per heavy atom. The van der Waals surface area contributed by atoms with E-state index in [0.717, 1.165) is 11.2 Å². The molecule has 1 aromatic rings. The third-order valence-corrected chi connectivity index (χ3v) is 5.40. The summed E-state index contributed by atoms with van der Waals surface area (Å²) in [6.45, 7) is 11.1. The largest absolute Gasteiger partial charge is 0.300 e. The number of Topliss-reactive ketones (excluding diaryl/α,β-unsaturated/α-hetero) is 1. The van der Waals surface area contributed by atoms with Crippen molar-refractivity contribution < 1.29 is 4.79 Å². The fourth-order valence-corrected chi connectivity index (χ4v) is 3.45. The molecule has 0 radical (unpaired) electrons. The first kappa shape index (κ1) is 19.2. The molecule has 1 aromatic carbocycles. The van der Waals surface area contributed by atoms with Gasteiger partial charge in [0.15, 0.2) is 0 Å². The van der Waals surface area contributed by atoms with Gasteiger partial charge in [0.25, 0.3) is 0 Å². The molecule has 0 saturated carbocycles. The van der Waals surface area contributed by atoms with E-state index in [1.54, 1.807) is 11.8 Å². The van der Waals surface area contributed by atoms with Crippen LogP contribution in [0.25, 0.3) is 0 Å². The maximum atomic E-state index is 11.6. The van der Waals surface area contributed by atoms with Gasteiger partial charge in [0, 0.05) is 24.6 Å².